The lowest BCUT2D eigenvalue weighted by Gasteiger charge is -2.21. The summed E-state index contributed by atoms with van der Waals surface area (Å²) in [4.78, 5) is 25.6. The van der Waals surface area contributed by atoms with Gasteiger partial charge in [-0.3, -0.25) is 19.8 Å². The highest BCUT2D eigenvalue weighted by molar-refractivity contribution is 14.1. The second-order valence-corrected chi connectivity index (χ2v) is 8.58. The Bertz CT molecular complexity index is 1240. The molecular weight excluding hydrogens is 503 g/mol. The van der Waals surface area contributed by atoms with E-state index in [9.17, 15) is 14.9 Å². The molecule has 0 spiro atoms. The van der Waals surface area contributed by atoms with Crippen molar-refractivity contribution in [1.29, 1.82) is 0 Å². The number of nitro groups is 1. The van der Waals surface area contributed by atoms with E-state index in [4.69, 9.17) is 0 Å². The number of rotatable bonds is 4. The molecule has 6 heteroatoms. The van der Waals surface area contributed by atoms with Crippen molar-refractivity contribution in [2.75, 3.05) is 4.90 Å². The molecule has 0 fully saturated rings. The number of carbonyl (C=O) groups is 1. The van der Waals surface area contributed by atoms with E-state index in [1.165, 1.54) is 12.1 Å². The molecule has 0 N–H and O–H groups in total. The van der Waals surface area contributed by atoms with Crippen molar-refractivity contribution < 1.29 is 9.72 Å². The summed E-state index contributed by atoms with van der Waals surface area (Å²) >= 11 is 2.28. The van der Waals surface area contributed by atoms with Crippen LogP contribution in [0.1, 0.15) is 22.3 Å². The molecule has 1 amide bonds. The maximum atomic E-state index is 13.4. The number of hydrogen-bond donors (Lipinski definition) is 0. The van der Waals surface area contributed by atoms with E-state index >= 15 is 0 Å². The fourth-order valence-electron chi connectivity index (χ4n) is 3.45. The van der Waals surface area contributed by atoms with Gasteiger partial charge in [-0.25, -0.2) is 0 Å². The highest BCUT2D eigenvalue weighted by atomic mass is 127. The van der Waals surface area contributed by atoms with Gasteiger partial charge in [-0.1, -0.05) is 29.8 Å². The Morgan fingerprint density at radius 3 is 2.26 bits per heavy atom. The summed E-state index contributed by atoms with van der Waals surface area (Å²) in [6, 6.07) is 20.2. The van der Waals surface area contributed by atoms with Crippen molar-refractivity contribution in [2.45, 2.75) is 13.8 Å². The van der Waals surface area contributed by atoms with Gasteiger partial charge in [-0.2, -0.15) is 0 Å². The van der Waals surface area contributed by atoms with Crippen LogP contribution >= 0.6 is 22.6 Å². The lowest BCUT2D eigenvalue weighted by molar-refractivity contribution is -0.384. The molecule has 154 valence electrons. The van der Waals surface area contributed by atoms with E-state index in [0.717, 1.165) is 37.2 Å². The quantitative estimate of drug-likeness (QED) is 0.175. The van der Waals surface area contributed by atoms with Crippen molar-refractivity contribution in [3.63, 3.8) is 0 Å². The maximum Gasteiger partial charge on any atom is 0.269 e. The molecule has 3 aromatic rings. The van der Waals surface area contributed by atoms with Crippen molar-refractivity contribution >= 4 is 51.6 Å². The van der Waals surface area contributed by atoms with Crippen molar-refractivity contribution in [2.24, 2.45) is 0 Å². The Kier molecular flexibility index (Phi) is 5.73. The molecule has 0 aromatic heterocycles. The van der Waals surface area contributed by atoms with Gasteiger partial charge in [0.2, 0.25) is 0 Å². The zero-order valence-electron chi connectivity index (χ0n) is 17.0. The molecule has 0 aliphatic carbocycles. The Balaban J connectivity index is 1.80. The highest BCUT2D eigenvalue weighted by Crippen LogP contribution is 2.36. The van der Waals surface area contributed by atoms with Gasteiger partial charge in [0.05, 0.1) is 10.6 Å². The largest absolute Gasteiger partial charge is 0.276 e. The Morgan fingerprint density at radius 2 is 1.65 bits per heavy atom. The number of halogens is 1. The summed E-state index contributed by atoms with van der Waals surface area (Å²) in [5.41, 5.74) is 6.08. The summed E-state index contributed by atoms with van der Waals surface area (Å²) in [7, 11) is 0. The van der Waals surface area contributed by atoms with Crippen molar-refractivity contribution in [3.05, 3.63) is 114 Å². The number of amides is 1. The van der Waals surface area contributed by atoms with Gasteiger partial charge in [-0.15, -0.1) is 0 Å². The molecule has 1 aliphatic rings. The first-order valence-corrected chi connectivity index (χ1v) is 10.8. The van der Waals surface area contributed by atoms with Crippen molar-refractivity contribution in [3.8, 4) is 0 Å². The predicted molar refractivity (Wildman–Crippen MR) is 132 cm³/mol. The van der Waals surface area contributed by atoms with E-state index in [-0.39, 0.29) is 11.6 Å². The van der Waals surface area contributed by atoms with Gasteiger partial charge in [0, 0.05) is 27.0 Å². The predicted octanol–water partition coefficient (Wildman–Crippen LogP) is 6.29. The molecule has 0 bridgehead atoms. The third kappa shape index (κ3) is 4.29. The van der Waals surface area contributed by atoms with Gasteiger partial charge < -0.3 is 0 Å². The second-order valence-electron chi connectivity index (χ2n) is 7.42. The topological polar surface area (TPSA) is 63.5 Å². The first kappa shape index (κ1) is 21.0. The number of nitrogens with zero attached hydrogens (tertiary/aromatic N) is 2. The molecule has 0 saturated carbocycles. The average molecular weight is 522 g/mol. The zero-order chi connectivity index (χ0) is 22.1. The minimum atomic E-state index is -0.437. The third-order valence-corrected chi connectivity index (χ3v) is 6.37. The fourth-order valence-corrected chi connectivity index (χ4v) is 3.78. The van der Waals surface area contributed by atoms with Crippen LogP contribution in [0.4, 0.5) is 11.4 Å². The minimum Gasteiger partial charge on any atom is -0.276 e. The monoisotopic (exact) mass is 522 g/mol. The molecular formula is C25H19IN2O3. The lowest BCUT2D eigenvalue weighted by atomic mass is 10.1. The van der Waals surface area contributed by atoms with Crippen LogP contribution in [0.15, 0.2) is 78.4 Å². The van der Waals surface area contributed by atoms with Gasteiger partial charge in [0.25, 0.3) is 11.6 Å². The standard InChI is InChI=1S/C25H19IN2O3/c1-16-3-7-19(8-4-16)24-15-20(14-18-5-9-21(10-6-18)28(30)31)25(29)27(24)22-11-12-23(26)17(2)13-22/h3-15H,1-2H3/b20-14+. The molecule has 4 rings (SSSR count). The van der Waals surface area contributed by atoms with E-state index < -0.39 is 4.92 Å². The number of carbonyl (C=O) groups excluding carboxylic acids is 1. The van der Waals surface area contributed by atoms with Gasteiger partial charge >= 0.3 is 0 Å². The first-order valence-electron chi connectivity index (χ1n) is 9.69. The van der Waals surface area contributed by atoms with E-state index in [1.54, 1.807) is 23.1 Å². The number of nitro benzene ring substituents is 1. The smallest absolute Gasteiger partial charge is 0.269 e. The molecule has 3 aromatic carbocycles. The summed E-state index contributed by atoms with van der Waals surface area (Å²) in [6.07, 6.45) is 3.64. The Morgan fingerprint density at radius 1 is 0.968 bits per heavy atom. The Labute approximate surface area is 194 Å². The molecule has 0 saturated heterocycles. The van der Waals surface area contributed by atoms with Crippen LogP contribution in [0, 0.1) is 27.5 Å². The van der Waals surface area contributed by atoms with E-state index in [1.807, 2.05) is 62.4 Å². The summed E-state index contributed by atoms with van der Waals surface area (Å²) < 4.78 is 1.13. The van der Waals surface area contributed by atoms with Gasteiger partial charge in [-0.05, 0) is 95.6 Å². The SMILES string of the molecule is Cc1ccc(C2=C/C(=C\c3ccc([N+](=O)[O-])cc3)C(=O)N2c2ccc(I)c(C)c2)cc1. The van der Waals surface area contributed by atoms with Gasteiger partial charge in [0.1, 0.15) is 0 Å². The minimum absolute atomic E-state index is 0.0202. The van der Waals surface area contributed by atoms with Crippen LogP contribution in [-0.2, 0) is 4.79 Å². The first-order chi connectivity index (χ1) is 14.8. The molecule has 1 aliphatic heterocycles. The third-order valence-electron chi connectivity index (χ3n) is 5.16. The molecule has 31 heavy (non-hydrogen) atoms. The van der Waals surface area contributed by atoms with Crippen LogP contribution < -0.4 is 4.90 Å². The number of benzene rings is 3. The second kappa shape index (κ2) is 8.47. The van der Waals surface area contributed by atoms with Crippen LogP contribution in [0.5, 0.6) is 0 Å². The van der Waals surface area contributed by atoms with E-state index in [2.05, 4.69) is 22.6 Å². The number of anilines is 1. The zero-order valence-corrected chi connectivity index (χ0v) is 19.2. The Hall–Kier alpha value is -3.26. The molecule has 0 radical (unpaired) electrons. The van der Waals surface area contributed by atoms with Crippen LogP contribution in [0.3, 0.4) is 0 Å². The highest BCUT2D eigenvalue weighted by Gasteiger charge is 2.30. The molecule has 5 nitrogen and oxygen atoms in total. The summed E-state index contributed by atoms with van der Waals surface area (Å²) in [6.45, 7) is 4.05. The van der Waals surface area contributed by atoms with Gasteiger partial charge in [0.15, 0.2) is 0 Å². The molecule has 1 heterocycles. The number of hydrogen-bond acceptors (Lipinski definition) is 3. The summed E-state index contributed by atoms with van der Waals surface area (Å²) in [5.74, 6) is -0.130. The molecule has 0 atom stereocenters. The lowest BCUT2D eigenvalue weighted by Crippen LogP contribution is -2.25. The van der Waals surface area contributed by atoms with E-state index in [0.29, 0.717) is 5.57 Å². The fraction of sp³-hybridized carbons (Fsp3) is 0.0800. The molecule has 0 unspecified atom stereocenters. The normalized spacial score (nSPS) is 14.8. The average Bonchev–Trinajstić information content (AvgIpc) is 3.07. The number of aryl methyl sites for hydroxylation is 2. The summed E-state index contributed by atoms with van der Waals surface area (Å²) in [5, 5.41) is 10.9. The van der Waals surface area contributed by atoms with Crippen LogP contribution in [-0.4, -0.2) is 10.8 Å². The maximum absolute atomic E-state index is 13.4. The van der Waals surface area contributed by atoms with Crippen LogP contribution in [0.25, 0.3) is 11.8 Å². The number of non-ortho nitro benzene ring substituents is 1. The van der Waals surface area contributed by atoms with Crippen LogP contribution in [0.2, 0.25) is 0 Å². The van der Waals surface area contributed by atoms with Crippen molar-refractivity contribution in [1.82, 2.24) is 0 Å².